The summed E-state index contributed by atoms with van der Waals surface area (Å²) in [4.78, 5) is 11.5. The maximum absolute atomic E-state index is 12.9. The highest BCUT2D eigenvalue weighted by atomic mass is 32.2. The molecule has 2 aromatic rings. The molecule has 2 aromatic carbocycles. The summed E-state index contributed by atoms with van der Waals surface area (Å²) in [6.07, 6.45) is 0.959. The smallest absolute Gasteiger partial charge is 0.307 e. The molecule has 0 spiro atoms. The first-order chi connectivity index (χ1) is 15.6. The SMILES string of the molecule is CCN(CC)S(=O)(=O)c1ccc(Oc2ccc(S(=O)(=O)N3CCC[C@@H](C(=O)O)C3)cc2)cc1. The van der Waals surface area contributed by atoms with Gasteiger partial charge in [-0.3, -0.25) is 4.79 Å². The van der Waals surface area contributed by atoms with Crippen molar-refractivity contribution in [2.24, 2.45) is 5.92 Å². The van der Waals surface area contributed by atoms with Crippen molar-refractivity contribution in [3.05, 3.63) is 48.5 Å². The van der Waals surface area contributed by atoms with E-state index in [0.717, 1.165) is 0 Å². The summed E-state index contributed by atoms with van der Waals surface area (Å²) < 4.78 is 59.2. The molecule has 0 amide bonds. The molecule has 0 bridgehead atoms. The Kier molecular flexibility index (Phi) is 7.78. The number of carbonyl (C=O) groups is 1. The Bertz CT molecular complexity index is 1170. The molecule has 0 aromatic heterocycles. The zero-order chi connectivity index (χ0) is 24.2. The number of rotatable bonds is 9. The second-order valence-corrected chi connectivity index (χ2v) is 11.6. The van der Waals surface area contributed by atoms with E-state index in [1.165, 1.54) is 45.0 Å². The number of carboxylic acids is 1. The number of sulfonamides is 2. The van der Waals surface area contributed by atoms with E-state index in [1.807, 2.05) is 0 Å². The topological polar surface area (TPSA) is 121 Å². The van der Waals surface area contributed by atoms with Gasteiger partial charge < -0.3 is 9.84 Å². The van der Waals surface area contributed by atoms with Crippen LogP contribution < -0.4 is 4.74 Å². The van der Waals surface area contributed by atoms with Crippen LogP contribution in [0, 0.1) is 5.92 Å². The zero-order valence-electron chi connectivity index (χ0n) is 18.5. The van der Waals surface area contributed by atoms with Gasteiger partial charge in [-0.1, -0.05) is 13.8 Å². The van der Waals surface area contributed by atoms with Crippen LogP contribution in [0.25, 0.3) is 0 Å². The van der Waals surface area contributed by atoms with Gasteiger partial charge in [0.05, 0.1) is 15.7 Å². The molecule has 0 radical (unpaired) electrons. The summed E-state index contributed by atoms with van der Waals surface area (Å²) in [6.45, 7) is 4.55. The molecular weight excluding hydrogens is 468 g/mol. The Morgan fingerprint density at radius 3 is 1.97 bits per heavy atom. The lowest BCUT2D eigenvalue weighted by atomic mass is 10.0. The van der Waals surface area contributed by atoms with Crippen LogP contribution in [0.2, 0.25) is 0 Å². The van der Waals surface area contributed by atoms with Crippen molar-refractivity contribution in [3.8, 4) is 11.5 Å². The minimum absolute atomic E-state index is 0.0430. The van der Waals surface area contributed by atoms with Crippen LogP contribution in [0.1, 0.15) is 26.7 Å². The first-order valence-electron chi connectivity index (χ1n) is 10.7. The number of hydrogen-bond acceptors (Lipinski definition) is 6. The van der Waals surface area contributed by atoms with Crippen LogP contribution in [-0.2, 0) is 24.8 Å². The Balaban J connectivity index is 1.71. The molecule has 0 unspecified atom stereocenters. The summed E-state index contributed by atoms with van der Waals surface area (Å²) in [6, 6.07) is 11.9. The molecule has 1 N–H and O–H groups in total. The lowest BCUT2D eigenvalue weighted by molar-refractivity contribution is -0.142. The number of piperidine rings is 1. The fraction of sp³-hybridized carbons (Fsp3) is 0.409. The minimum atomic E-state index is -3.81. The van der Waals surface area contributed by atoms with Gasteiger partial charge in [-0.25, -0.2) is 16.8 Å². The quantitative estimate of drug-likeness (QED) is 0.566. The number of ether oxygens (including phenoxy) is 1. The lowest BCUT2D eigenvalue weighted by Gasteiger charge is -2.29. The highest BCUT2D eigenvalue weighted by Gasteiger charge is 2.33. The standard InChI is InChI=1S/C22H28N2O7S2/c1-3-23(4-2)32(27,28)20-11-7-18(8-12-20)31-19-9-13-21(14-10-19)33(29,30)24-15-5-6-17(16-24)22(25)26/h7-14,17H,3-6,15-16H2,1-2H3,(H,25,26)/t17-/m1/s1. The molecule has 1 fully saturated rings. The lowest BCUT2D eigenvalue weighted by Crippen LogP contribution is -2.42. The van der Waals surface area contributed by atoms with Crippen LogP contribution in [0.15, 0.2) is 58.3 Å². The van der Waals surface area contributed by atoms with Crippen molar-refractivity contribution < 1.29 is 31.5 Å². The van der Waals surface area contributed by atoms with E-state index in [1.54, 1.807) is 26.0 Å². The summed E-state index contributed by atoms with van der Waals surface area (Å²) in [5.74, 6) is -0.904. The number of hydrogen-bond donors (Lipinski definition) is 1. The normalized spacial score (nSPS) is 17.7. The highest BCUT2D eigenvalue weighted by molar-refractivity contribution is 7.89. The molecule has 180 valence electrons. The van der Waals surface area contributed by atoms with Gasteiger partial charge in [0.15, 0.2) is 0 Å². The molecule has 11 heteroatoms. The van der Waals surface area contributed by atoms with Crippen molar-refractivity contribution in [2.75, 3.05) is 26.2 Å². The molecule has 1 saturated heterocycles. The van der Waals surface area contributed by atoms with Crippen molar-refractivity contribution in [3.63, 3.8) is 0 Å². The number of benzene rings is 2. The van der Waals surface area contributed by atoms with Crippen LogP contribution >= 0.6 is 0 Å². The van der Waals surface area contributed by atoms with Gasteiger partial charge in [-0.05, 0) is 61.4 Å². The predicted octanol–water partition coefficient (Wildman–Crippen LogP) is 2.99. The van der Waals surface area contributed by atoms with E-state index in [2.05, 4.69) is 0 Å². The molecule has 33 heavy (non-hydrogen) atoms. The Hall–Kier alpha value is -2.47. The maximum atomic E-state index is 12.9. The molecular formula is C22H28N2O7S2. The third kappa shape index (κ3) is 5.55. The molecule has 0 aliphatic carbocycles. The number of nitrogens with zero attached hydrogens (tertiary/aromatic N) is 2. The summed E-state index contributed by atoms with van der Waals surface area (Å²) in [5, 5.41) is 9.21. The minimum Gasteiger partial charge on any atom is -0.481 e. The van der Waals surface area contributed by atoms with E-state index in [4.69, 9.17) is 4.74 Å². The van der Waals surface area contributed by atoms with Crippen molar-refractivity contribution in [1.82, 2.24) is 8.61 Å². The van der Waals surface area contributed by atoms with Gasteiger partial charge in [-0.2, -0.15) is 8.61 Å². The molecule has 3 rings (SSSR count). The third-order valence-corrected chi connectivity index (χ3v) is 9.54. The van der Waals surface area contributed by atoms with E-state index in [9.17, 15) is 26.7 Å². The van der Waals surface area contributed by atoms with Crippen LogP contribution in [-0.4, -0.2) is 62.7 Å². The van der Waals surface area contributed by atoms with E-state index in [-0.39, 0.29) is 22.9 Å². The largest absolute Gasteiger partial charge is 0.481 e. The highest BCUT2D eigenvalue weighted by Crippen LogP contribution is 2.28. The van der Waals surface area contributed by atoms with Crippen LogP contribution in [0.5, 0.6) is 11.5 Å². The third-order valence-electron chi connectivity index (χ3n) is 5.60. The van der Waals surface area contributed by atoms with Gasteiger partial charge in [0.2, 0.25) is 20.0 Å². The van der Waals surface area contributed by atoms with E-state index < -0.39 is 31.9 Å². The van der Waals surface area contributed by atoms with E-state index in [0.29, 0.717) is 37.4 Å². The fourth-order valence-electron chi connectivity index (χ4n) is 3.72. The number of carboxylic acid groups (broad SMARTS) is 1. The molecule has 1 aliphatic heterocycles. The summed E-state index contributed by atoms with van der Waals surface area (Å²) in [5.41, 5.74) is 0. The Labute approximate surface area is 194 Å². The van der Waals surface area contributed by atoms with Gasteiger partial charge in [0.25, 0.3) is 0 Å². The summed E-state index contributed by atoms with van der Waals surface area (Å²) >= 11 is 0. The van der Waals surface area contributed by atoms with Gasteiger partial charge in [-0.15, -0.1) is 0 Å². The Morgan fingerprint density at radius 1 is 0.970 bits per heavy atom. The second-order valence-electron chi connectivity index (χ2n) is 7.67. The average Bonchev–Trinajstić information content (AvgIpc) is 2.80. The molecule has 0 saturated carbocycles. The van der Waals surface area contributed by atoms with E-state index >= 15 is 0 Å². The number of aliphatic carboxylic acids is 1. The Morgan fingerprint density at radius 2 is 1.48 bits per heavy atom. The zero-order valence-corrected chi connectivity index (χ0v) is 20.2. The van der Waals surface area contributed by atoms with Crippen LogP contribution in [0.3, 0.4) is 0 Å². The average molecular weight is 497 g/mol. The van der Waals surface area contributed by atoms with Crippen molar-refractivity contribution in [1.29, 1.82) is 0 Å². The van der Waals surface area contributed by atoms with Gasteiger partial charge in [0, 0.05) is 26.2 Å². The fourth-order valence-corrected chi connectivity index (χ4v) is 6.70. The maximum Gasteiger partial charge on any atom is 0.307 e. The van der Waals surface area contributed by atoms with Crippen molar-refractivity contribution in [2.45, 2.75) is 36.5 Å². The van der Waals surface area contributed by atoms with Crippen LogP contribution in [0.4, 0.5) is 0 Å². The molecule has 1 aliphatic rings. The van der Waals surface area contributed by atoms with Crippen molar-refractivity contribution >= 4 is 26.0 Å². The van der Waals surface area contributed by atoms with Gasteiger partial charge >= 0.3 is 5.97 Å². The second kappa shape index (κ2) is 10.2. The first-order valence-corrected chi connectivity index (χ1v) is 13.6. The monoisotopic (exact) mass is 496 g/mol. The van der Waals surface area contributed by atoms with Gasteiger partial charge in [0.1, 0.15) is 11.5 Å². The molecule has 1 heterocycles. The predicted molar refractivity (Wildman–Crippen MR) is 122 cm³/mol. The molecule has 9 nitrogen and oxygen atoms in total. The molecule has 1 atom stereocenters. The first kappa shape index (κ1) is 25.2. The summed E-state index contributed by atoms with van der Waals surface area (Å²) in [7, 11) is -7.37.